The summed E-state index contributed by atoms with van der Waals surface area (Å²) in [7, 11) is 4.11. The largest absolute Gasteiger partial charge is 0.356 e. The van der Waals surface area contributed by atoms with E-state index in [1.54, 1.807) is 0 Å². The minimum absolute atomic E-state index is 0.757. The van der Waals surface area contributed by atoms with E-state index in [1.807, 2.05) is 0 Å². The predicted octanol–water partition coefficient (Wildman–Crippen LogP) is 3.56. The fourth-order valence-corrected chi connectivity index (χ4v) is 5.60. The average Bonchev–Trinajstić information content (AvgIpc) is 2.84. The van der Waals surface area contributed by atoms with Gasteiger partial charge in [0, 0.05) is 64.8 Å². The van der Waals surface area contributed by atoms with E-state index in [9.17, 15) is 0 Å². The van der Waals surface area contributed by atoms with Crippen molar-refractivity contribution in [3.8, 4) is 0 Å². The van der Waals surface area contributed by atoms with Crippen LogP contribution in [0.1, 0.15) is 48.9 Å². The summed E-state index contributed by atoms with van der Waals surface area (Å²) < 4.78 is 0. The Balaban J connectivity index is 1.34. The van der Waals surface area contributed by atoms with E-state index in [0.29, 0.717) is 0 Å². The molecular formula is C26H38N6. The van der Waals surface area contributed by atoms with Crippen molar-refractivity contribution in [2.75, 3.05) is 56.6 Å². The van der Waals surface area contributed by atoms with E-state index in [1.165, 1.54) is 67.8 Å². The van der Waals surface area contributed by atoms with E-state index in [2.05, 4.69) is 64.0 Å². The van der Waals surface area contributed by atoms with Crippen LogP contribution in [0.25, 0.3) is 0 Å². The number of hydrogen-bond acceptors (Lipinski definition) is 6. The molecule has 0 saturated carbocycles. The highest BCUT2D eigenvalue weighted by molar-refractivity contribution is 5.54. The van der Waals surface area contributed by atoms with Crippen molar-refractivity contribution in [1.82, 2.24) is 19.8 Å². The van der Waals surface area contributed by atoms with E-state index in [0.717, 1.165) is 51.1 Å². The molecule has 0 spiro atoms. The van der Waals surface area contributed by atoms with Gasteiger partial charge in [-0.15, -0.1) is 0 Å². The van der Waals surface area contributed by atoms with Gasteiger partial charge >= 0.3 is 0 Å². The number of hydrogen-bond donors (Lipinski definition) is 0. The Morgan fingerprint density at radius 2 is 1.66 bits per heavy atom. The maximum Gasteiger partial charge on any atom is 0.227 e. The van der Waals surface area contributed by atoms with Crippen LogP contribution >= 0.6 is 0 Å². The SMILES string of the molecule is CN(C)c1nc2c(c(N3CCC(N4CCCCC4)CC3)n1)CN(Cc1ccccc1)CC2. The number of anilines is 2. The zero-order valence-electron chi connectivity index (χ0n) is 19.8. The molecule has 6 nitrogen and oxygen atoms in total. The molecule has 0 radical (unpaired) electrons. The molecular weight excluding hydrogens is 396 g/mol. The predicted molar refractivity (Wildman–Crippen MR) is 131 cm³/mol. The molecule has 0 bridgehead atoms. The van der Waals surface area contributed by atoms with Gasteiger partial charge in [0.05, 0.1) is 5.69 Å². The van der Waals surface area contributed by atoms with Gasteiger partial charge in [-0.1, -0.05) is 36.8 Å². The van der Waals surface area contributed by atoms with Crippen molar-refractivity contribution in [3.05, 3.63) is 47.2 Å². The van der Waals surface area contributed by atoms with Crippen LogP contribution in [0.3, 0.4) is 0 Å². The second-order valence-electron chi connectivity index (χ2n) is 9.93. The van der Waals surface area contributed by atoms with Crippen molar-refractivity contribution < 1.29 is 0 Å². The summed E-state index contributed by atoms with van der Waals surface area (Å²) in [5, 5.41) is 0. The van der Waals surface area contributed by atoms with E-state index >= 15 is 0 Å². The van der Waals surface area contributed by atoms with Crippen LogP contribution in [-0.4, -0.2) is 72.6 Å². The number of piperidine rings is 2. The van der Waals surface area contributed by atoms with Gasteiger partial charge in [0.15, 0.2) is 0 Å². The minimum Gasteiger partial charge on any atom is -0.356 e. The Bertz CT molecular complexity index is 885. The Morgan fingerprint density at radius 3 is 2.38 bits per heavy atom. The lowest BCUT2D eigenvalue weighted by Crippen LogP contribution is -2.47. The molecule has 3 aliphatic rings. The highest BCUT2D eigenvalue weighted by Crippen LogP contribution is 2.32. The molecule has 172 valence electrons. The van der Waals surface area contributed by atoms with Crippen molar-refractivity contribution in [2.45, 2.75) is 57.7 Å². The molecule has 1 aromatic heterocycles. The summed E-state index contributed by atoms with van der Waals surface area (Å²) in [5.41, 5.74) is 3.99. The molecule has 0 N–H and O–H groups in total. The standard InChI is InChI=1S/C26H38N6/c1-29(2)26-27-24-13-16-30(19-21-9-5-3-6-10-21)20-23(24)25(28-26)32-17-11-22(12-18-32)31-14-7-4-8-15-31/h3,5-6,9-10,22H,4,7-8,11-20H2,1-2H3. The summed E-state index contributed by atoms with van der Waals surface area (Å²) in [5.74, 6) is 2.04. The molecule has 0 amide bonds. The van der Waals surface area contributed by atoms with Gasteiger partial charge in [0.2, 0.25) is 5.95 Å². The monoisotopic (exact) mass is 434 g/mol. The molecule has 1 aromatic carbocycles. The van der Waals surface area contributed by atoms with Crippen LogP contribution in [0.5, 0.6) is 0 Å². The second kappa shape index (κ2) is 9.75. The molecule has 3 aliphatic heterocycles. The third kappa shape index (κ3) is 4.76. The lowest BCUT2D eigenvalue weighted by molar-refractivity contribution is 0.141. The van der Waals surface area contributed by atoms with Gasteiger partial charge < -0.3 is 14.7 Å². The van der Waals surface area contributed by atoms with E-state index < -0.39 is 0 Å². The van der Waals surface area contributed by atoms with Crippen LogP contribution in [0.4, 0.5) is 11.8 Å². The molecule has 32 heavy (non-hydrogen) atoms. The topological polar surface area (TPSA) is 38.7 Å². The van der Waals surface area contributed by atoms with Crippen molar-refractivity contribution in [3.63, 3.8) is 0 Å². The van der Waals surface area contributed by atoms with Crippen LogP contribution in [-0.2, 0) is 19.5 Å². The highest BCUT2D eigenvalue weighted by atomic mass is 15.3. The van der Waals surface area contributed by atoms with Crippen molar-refractivity contribution in [1.29, 1.82) is 0 Å². The molecule has 2 fully saturated rings. The third-order valence-corrected chi connectivity index (χ3v) is 7.43. The minimum atomic E-state index is 0.757. The number of fused-ring (bicyclic) bond motifs is 1. The first-order valence-corrected chi connectivity index (χ1v) is 12.5. The molecule has 2 saturated heterocycles. The number of likely N-dealkylation sites (tertiary alicyclic amines) is 1. The summed E-state index contributed by atoms with van der Waals surface area (Å²) in [6.45, 7) is 7.81. The fourth-order valence-electron chi connectivity index (χ4n) is 5.60. The maximum atomic E-state index is 5.09. The van der Waals surface area contributed by atoms with E-state index in [-0.39, 0.29) is 0 Å². The van der Waals surface area contributed by atoms with Crippen LogP contribution in [0.2, 0.25) is 0 Å². The lowest BCUT2D eigenvalue weighted by Gasteiger charge is -2.41. The van der Waals surface area contributed by atoms with Crippen molar-refractivity contribution in [2.24, 2.45) is 0 Å². The van der Waals surface area contributed by atoms with Gasteiger partial charge in [0.1, 0.15) is 5.82 Å². The Labute approximate surface area is 193 Å². The van der Waals surface area contributed by atoms with Gasteiger partial charge in [-0.2, -0.15) is 4.98 Å². The van der Waals surface area contributed by atoms with E-state index in [4.69, 9.17) is 9.97 Å². The van der Waals surface area contributed by atoms with Gasteiger partial charge in [-0.3, -0.25) is 4.90 Å². The normalized spacial score (nSPS) is 20.9. The Kier molecular flexibility index (Phi) is 6.60. The summed E-state index contributed by atoms with van der Waals surface area (Å²) in [4.78, 5) is 20.0. The first-order chi connectivity index (χ1) is 15.7. The molecule has 4 heterocycles. The first kappa shape index (κ1) is 21.7. The smallest absolute Gasteiger partial charge is 0.227 e. The zero-order chi connectivity index (χ0) is 21.9. The maximum absolute atomic E-state index is 5.09. The number of aromatic nitrogens is 2. The number of rotatable bonds is 5. The summed E-state index contributed by atoms with van der Waals surface area (Å²) >= 11 is 0. The van der Waals surface area contributed by atoms with Gasteiger partial charge in [-0.05, 0) is 44.3 Å². The van der Waals surface area contributed by atoms with Gasteiger partial charge in [0.25, 0.3) is 0 Å². The molecule has 2 aromatic rings. The molecule has 0 unspecified atom stereocenters. The van der Waals surface area contributed by atoms with Crippen molar-refractivity contribution >= 4 is 11.8 Å². The lowest BCUT2D eigenvalue weighted by atomic mass is 9.98. The van der Waals surface area contributed by atoms with Crippen LogP contribution in [0, 0.1) is 0 Å². The Hall–Kier alpha value is -2.18. The molecule has 6 heteroatoms. The first-order valence-electron chi connectivity index (χ1n) is 12.5. The molecule has 5 rings (SSSR count). The van der Waals surface area contributed by atoms with Crippen LogP contribution in [0.15, 0.2) is 30.3 Å². The fraction of sp³-hybridized carbons (Fsp3) is 0.615. The summed E-state index contributed by atoms with van der Waals surface area (Å²) in [6, 6.07) is 11.6. The quantitative estimate of drug-likeness (QED) is 0.717. The highest BCUT2D eigenvalue weighted by Gasteiger charge is 2.30. The number of nitrogens with zero attached hydrogens (tertiary/aromatic N) is 6. The summed E-state index contributed by atoms with van der Waals surface area (Å²) in [6.07, 6.45) is 7.68. The number of benzene rings is 1. The van der Waals surface area contributed by atoms with Crippen LogP contribution < -0.4 is 9.80 Å². The Morgan fingerprint density at radius 1 is 0.906 bits per heavy atom. The van der Waals surface area contributed by atoms with Gasteiger partial charge in [-0.25, -0.2) is 4.98 Å². The second-order valence-corrected chi connectivity index (χ2v) is 9.93. The average molecular weight is 435 g/mol. The third-order valence-electron chi connectivity index (χ3n) is 7.43. The zero-order valence-corrected chi connectivity index (χ0v) is 19.8. The molecule has 0 aliphatic carbocycles. The molecule has 0 atom stereocenters.